The zero-order valence-electron chi connectivity index (χ0n) is 22.8. The first-order chi connectivity index (χ1) is 15.9. The second-order valence-electron chi connectivity index (χ2n) is 10.4. The normalized spacial score (nSPS) is 15.1. The fourth-order valence-corrected chi connectivity index (χ4v) is 5.39. The number of methoxy groups -OCH3 is 1. The van der Waals surface area contributed by atoms with Gasteiger partial charge in [0.1, 0.15) is 0 Å². The highest BCUT2D eigenvalue weighted by Gasteiger charge is 2.41. The van der Waals surface area contributed by atoms with Crippen LogP contribution in [0.15, 0.2) is 0 Å². The summed E-state index contributed by atoms with van der Waals surface area (Å²) in [5.41, 5.74) is -0.334. The smallest absolute Gasteiger partial charge is 0.311 e. The van der Waals surface area contributed by atoms with E-state index < -0.39 is 5.97 Å². The van der Waals surface area contributed by atoms with Crippen LogP contribution in [0.4, 0.5) is 0 Å². The van der Waals surface area contributed by atoms with Gasteiger partial charge in [-0.3, -0.25) is 9.59 Å². The molecule has 1 N–H and O–H groups in total. The fourth-order valence-electron chi connectivity index (χ4n) is 5.39. The highest BCUT2D eigenvalue weighted by molar-refractivity contribution is 5.76. The van der Waals surface area contributed by atoms with E-state index in [0.717, 1.165) is 70.6 Å². The predicted molar refractivity (Wildman–Crippen MR) is 139 cm³/mol. The van der Waals surface area contributed by atoms with E-state index in [1.54, 1.807) is 7.11 Å². The number of carbonyl (C=O) groups excluding carboxylic acids is 1. The number of esters is 1. The van der Waals surface area contributed by atoms with Gasteiger partial charge >= 0.3 is 11.9 Å². The van der Waals surface area contributed by atoms with Gasteiger partial charge in [0, 0.05) is 6.42 Å². The van der Waals surface area contributed by atoms with Crippen LogP contribution in [0, 0.1) is 17.3 Å². The largest absolute Gasteiger partial charge is 0.481 e. The molecule has 2 atom stereocenters. The summed E-state index contributed by atoms with van der Waals surface area (Å²) < 4.78 is 5.47. The highest BCUT2D eigenvalue weighted by atomic mass is 16.5. The lowest BCUT2D eigenvalue weighted by Gasteiger charge is -2.37. The van der Waals surface area contributed by atoms with Crippen molar-refractivity contribution in [2.75, 3.05) is 7.11 Å². The van der Waals surface area contributed by atoms with Gasteiger partial charge in [0.25, 0.3) is 0 Å². The molecule has 0 aliphatic rings. The average molecular weight is 469 g/mol. The van der Waals surface area contributed by atoms with E-state index in [0.29, 0.717) is 11.8 Å². The summed E-state index contributed by atoms with van der Waals surface area (Å²) >= 11 is 0. The molecule has 2 unspecified atom stereocenters. The molecular formula is C29H56O4. The molecule has 0 bridgehead atoms. The Labute approximate surface area is 205 Å². The first kappa shape index (κ1) is 31.9. The van der Waals surface area contributed by atoms with Crippen molar-refractivity contribution >= 4 is 11.9 Å². The molecule has 0 radical (unpaired) electrons. The minimum Gasteiger partial charge on any atom is -0.481 e. The topological polar surface area (TPSA) is 63.6 Å². The summed E-state index contributed by atoms with van der Waals surface area (Å²) in [6, 6.07) is 0. The molecule has 0 aromatic carbocycles. The van der Waals surface area contributed by atoms with E-state index in [-0.39, 0.29) is 17.8 Å². The van der Waals surface area contributed by atoms with E-state index in [2.05, 4.69) is 27.7 Å². The molecule has 196 valence electrons. The Balaban J connectivity index is 5.10. The Morgan fingerprint density at radius 1 is 0.727 bits per heavy atom. The van der Waals surface area contributed by atoms with Gasteiger partial charge < -0.3 is 9.84 Å². The van der Waals surface area contributed by atoms with Crippen molar-refractivity contribution in [2.24, 2.45) is 17.3 Å². The van der Waals surface area contributed by atoms with E-state index in [9.17, 15) is 9.59 Å². The monoisotopic (exact) mass is 468 g/mol. The number of hydrogen-bond acceptors (Lipinski definition) is 3. The number of carbonyl (C=O) groups is 2. The number of rotatable bonds is 23. The number of aliphatic carboxylic acids is 1. The van der Waals surface area contributed by atoms with E-state index >= 15 is 0 Å². The van der Waals surface area contributed by atoms with Gasteiger partial charge in [0.05, 0.1) is 12.5 Å². The van der Waals surface area contributed by atoms with Crippen LogP contribution in [0.3, 0.4) is 0 Å². The predicted octanol–water partition coefficient (Wildman–Crippen LogP) is 8.95. The Kier molecular flexibility index (Phi) is 19.7. The molecular weight excluding hydrogens is 412 g/mol. The van der Waals surface area contributed by atoms with Crippen molar-refractivity contribution in [2.45, 2.75) is 150 Å². The van der Waals surface area contributed by atoms with E-state index in [1.807, 2.05) is 0 Å². The Hall–Kier alpha value is -1.06. The molecule has 0 rings (SSSR count). The van der Waals surface area contributed by atoms with Gasteiger partial charge in [0.15, 0.2) is 0 Å². The molecule has 0 spiro atoms. The second kappa shape index (κ2) is 20.3. The quantitative estimate of drug-likeness (QED) is 0.120. The number of unbranched alkanes of at least 4 members (excludes halogenated alkanes) is 8. The molecule has 0 saturated carbocycles. The van der Waals surface area contributed by atoms with Crippen molar-refractivity contribution in [1.29, 1.82) is 0 Å². The third-order valence-corrected chi connectivity index (χ3v) is 7.61. The first-order valence-electron chi connectivity index (χ1n) is 14.2. The maximum atomic E-state index is 13.3. The lowest BCUT2D eigenvalue weighted by Crippen LogP contribution is -2.37. The molecule has 33 heavy (non-hydrogen) atoms. The minimum atomic E-state index is -0.692. The first-order valence-corrected chi connectivity index (χ1v) is 14.2. The van der Waals surface area contributed by atoms with E-state index in [1.165, 1.54) is 44.9 Å². The Morgan fingerprint density at radius 3 is 1.58 bits per heavy atom. The molecule has 0 aliphatic carbocycles. The number of ether oxygens (including phenoxy) is 1. The minimum absolute atomic E-state index is 0.0288. The number of hydrogen-bond donors (Lipinski definition) is 1. The van der Waals surface area contributed by atoms with Crippen LogP contribution >= 0.6 is 0 Å². The summed E-state index contributed by atoms with van der Waals surface area (Å²) in [4.78, 5) is 23.9. The van der Waals surface area contributed by atoms with Gasteiger partial charge in [-0.25, -0.2) is 0 Å². The summed E-state index contributed by atoms with van der Waals surface area (Å²) in [6.45, 7) is 9.06. The van der Waals surface area contributed by atoms with Gasteiger partial charge in [-0.2, -0.15) is 0 Å². The maximum Gasteiger partial charge on any atom is 0.311 e. The van der Waals surface area contributed by atoms with Crippen LogP contribution < -0.4 is 0 Å². The van der Waals surface area contributed by atoms with Gasteiger partial charge in [-0.05, 0) is 37.5 Å². The molecule has 0 aromatic rings. The summed E-state index contributed by atoms with van der Waals surface area (Å²) in [7, 11) is 1.58. The van der Waals surface area contributed by atoms with Gasteiger partial charge in [-0.15, -0.1) is 0 Å². The lowest BCUT2D eigenvalue weighted by atomic mass is 9.67. The van der Waals surface area contributed by atoms with Crippen LogP contribution in [-0.2, 0) is 14.3 Å². The van der Waals surface area contributed by atoms with Crippen molar-refractivity contribution in [1.82, 2.24) is 0 Å². The maximum absolute atomic E-state index is 13.3. The Morgan fingerprint density at radius 2 is 1.18 bits per heavy atom. The van der Waals surface area contributed by atoms with Crippen LogP contribution in [0.25, 0.3) is 0 Å². The molecule has 4 nitrogen and oxygen atoms in total. The average Bonchev–Trinajstić information content (AvgIpc) is 2.81. The zero-order valence-corrected chi connectivity index (χ0v) is 22.8. The molecule has 0 fully saturated rings. The lowest BCUT2D eigenvalue weighted by molar-refractivity contribution is -0.156. The molecule has 0 aliphatic heterocycles. The molecule has 0 heterocycles. The fraction of sp³-hybridized carbons (Fsp3) is 0.931. The molecule has 4 heteroatoms. The van der Waals surface area contributed by atoms with Crippen LogP contribution in [0.2, 0.25) is 0 Å². The third-order valence-electron chi connectivity index (χ3n) is 7.61. The molecule has 0 aromatic heterocycles. The van der Waals surface area contributed by atoms with Crippen molar-refractivity contribution < 1.29 is 19.4 Å². The number of carboxylic acid groups (broad SMARTS) is 1. The molecule has 0 saturated heterocycles. The molecule has 0 amide bonds. The van der Waals surface area contributed by atoms with Crippen LogP contribution in [0.5, 0.6) is 0 Å². The number of carboxylic acids is 1. The Bertz CT molecular complexity index is 470. The zero-order chi connectivity index (χ0) is 25.0. The van der Waals surface area contributed by atoms with Gasteiger partial charge in [0.2, 0.25) is 0 Å². The van der Waals surface area contributed by atoms with E-state index in [4.69, 9.17) is 9.84 Å². The summed E-state index contributed by atoms with van der Waals surface area (Å²) in [6.07, 6.45) is 20.3. The van der Waals surface area contributed by atoms with Crippen molar-refractivity contribution in [3.63, 3.8) is 0 Å². The SMILES string of the molecule is CCCCC(CC)CC(CCCCCCCCCC(=O)O)(CC(CC)CCCC)C(=O)OC. The van der Waals surface area contributed by atoms with Crippen LogP contribution in [0.1, 0.15) is 150 Å². The van der Waals surface area contributed by atoms with Gasteiger partial charge in [-0.1, -0.05) is 118 Å². The highest BCUT2D eigenvalue weighted by Crippen LogP contribution is 2.43. The summed E-state index contributed by atoms with van der Waals surface area (Å²) in [5.74, 6) is 0.535. The van der Waals surface area contributed by atoms with Crippen molar-refractivity contribution in [3.05, 3.63) is 0 Å². The standard InChI is InChI=1S/C29H56O4/c1-6-10-19-25(8-3)23-29(28(32)33-5,24-26(9-4)20-11-7-2)22-18-16-14-12-13-15-17-21-27(30)31/h25-26H,6-24H2,1-5H3,(H,30,31). The summed E-state index contributed by atoms with van der Waals surface area (Å²) in [5, 5.41) is 8.75. The second-order valence-corrected chi connectivity index (χ2v) is 10.4. The van der Waals surface area contributed by atoms with Crippen molar-refractivity contribution in [3.8, 4) is 0 Å². The van der Waals surface area contributed by atoms with Crippen LogP contribution in [-0.4, -0.2) is 24.2 Å². The third kappa shape index (κ3) is 14.7.